The lowest BCUT2D eigenvalue weighted by atomic mass is 9.97. The topological polar surface area (TPSA) is 94.5 Å². The lowest BCUT2D eigenvalue weighted by molar-refractivity contribution is -0.384. The molecule has 0 aliphatic carbocycles. The van der Waals surface area contributed by atoms with E-state index in [0.29, 0.717) is 30.5 Å². The van der Waals surface area contributed by atoms with Crippen LogP contribution in [0.1, 0.15) is 30.5 Å². The van der Waals surface area contributed by atoms with Gasteiger partial charge in [0.1, 0.15) is 5.69 Å². The number of ether oxygens (including phenoxy) is 1. The van der Waals surface area contributed by atoms with Gasteiger partial charge in [-0.1, -0.05) is 5.16 Å². The molecule has 1 aliphatic rings. The third kappa shape index (κ3) is 3.01. The Kier molecular flexibility index (Phi) is 4.32. The van der Waals surface area contributed by atoms with Crippen molar-refractivity contribution in [3.8, 4) is 5.75 Å². The normalized spacial score (nSPS) is 17.8. The molecule has 0 radical (unpaired) electrons. The molecule has 2 heterocycles. The number of aryl methyl sites for hydroxylation is 1. The molecule has 3 rings (SSSR count). The molecular weight excluding hydrogens is 319 g/mol. The quantitative estimate of drug-likeness (QED) is 0.626. The number of piperidine rings is 1. The molecule has 1 fully saturated rings. The van der Waals surface area contributed by atoms with Gasteiger partial charge >= 0.3 is 0 Å². The maximum Gasteiger partial charge on any atom is 0.295 e. The van der Waals surface area contributed by atoms with Crippen LogP contribution in [0.25, 0.3) is 0 Å². The van der Waals surface area contributed by atoms with Gasteiger partial charge in [-0.15, -0.1) is 0 Å². The van der Waals surface area contributed by atoms with Crippen LogP contribution in [0, 0.1) is 22.9 Å². The predicted octanol–water partition coefficient (Wildman–Crippen LogP) is 2.82. The first kappa shape index (κ1) is 16.2. The smallest absolute Gasteiger partial charge is 0.295 e. The first-order chi connectivity index (χ1) is 11.5. The van der Waals surface area contributed by atoms with Gasteiger partial charge in [-0.05, 0) is 19.8 Å². The molecule has 0 unspecified atom stereocenters. The van der Waals surface area contributed by atoms with Crippen LogP contribution in [0.3, 0.4) is 0 Å². The SMILES string of the molecule is COc1cc(N2CCC[C@H](c3nc(C)no3)C2)c([N+](=O)[O-])cc1F. The van der Waals surface area contributed by atoms with Crippen LogP contribution >= 0.6 is 0 Å². The lowest BCUT2D eigenvalue weighted by Crippen LogP contribution is -2.35. The maximum atomic E-state index is 13.8. The zero-order chi connectivity index (χ0) is 17.3. The summed E-state index contributed by atoms with van der Waals surface area (Å²) in [4.78, 5) is 16.8. The van der Waals surface area contributed by atoms with Crippen molar-refractivity contribution < 1.29 is 18.6 Å². The summed E-state index contributed by atoms with van der Waals surface area (Å²) >= 11 is 0. The standard InChI is InChI=1S/C15H17FN4O4/c1-9-17-15(24-18-9)10-4-3-5-19(8-10)12-7-14(23-2)11(16)6-13(12)20(21)22/h6-7,10H,3-5,8H2,1-2H3/t10-/m0/s1. The summed E-state index contributed by atoms with van der Waals surface area (Å²) in [5, 5.41) is 15.1. The molecule has 0 bridgehead atoms. The van der Waals surface area contributed by atoms with Gasteiger partial charge in [0.2, 0.25) is 5.89 Å². The molecular formula is C15H17FN4O4. The number of methoxy groups -OCH3 is 1. The summed E-state index contributed by atoms with van der Waals surface area (Å²) in [5.74, 6) is 0.279. The van der Waals surface area contributed by atoms with Gasteiger partial charge in [-0.2, -0.15) is 4.98 Å². The second-order valence-corrected chi connectivity index (χ2v) is 5.70. The third-order valence-electron chi connectivity index (χ3n) is 4.10. The Morgan fingerprint density at radius 1 is 1.50 bits per heavy atom. The van der Waals surface area contributed by atoms with Gasteiger partial charge in [0.25, 0.3) is 5.69 Å². The van der Waals surface area contributed by atoms with Crippen LogP contribution in [0.2, 0.25) is 0 Å². The molecule has 1 saturated heterocycles. The number of benzene rings is 1. The average Bonchev–Trinajstić information content (AvgIpc) is 3.01. The zero-order valence-electron chi connectivity index (χ0n) is 13.4. The molecule has 2 aromatic rings. The molecule has 24 heavy (non-hydrogen) atoms. The van der Waals surface area contributed by atoms with Crippen molar-refractivity contribution in [2.45, 2.75) is 25.7 Å². The van der Waals surface area contributed by atoms with Crippen LogP contribution in [0.4, 0.5) is 15.8 Å². The zero-order valence-corrected chi connectivity index (χ0v) is 13.4. The summed E-state index contributed by atoms with van der Waals surface area (Å²) in [6.07, 6.45) is 1.66. The van der Waals surface area contributed by atoms with Crippen LogP contribution in [-0.4, -0.2) is 35.3 Å². The fourth-order valence-corrected chi connectivity index (χ4v) is 2.96. The molecule has 128 valence electrons. The minimum Gasteiger partial charge on any atom is -0.494 e. The van der Waals surface area contributed by atoms with Crippen molar-refractivity contribution in [2.24, 2.45) is 0 Å². The molecule has 8 nitrogen and oxygen atoms in total. The van der Waals surface area contributed by atoms with Gasteiger partial charge in [0.15, 0.2) is 17.4 Å². The molecule has 1 aromatic heterocycles. The summed E-state index contributed by atoms with van der Waals surface area (Å²) in [6, 6.07) is 2.27. The Morgan fingerprint density at radius 3 is 2.92 bits per heavy atom. The van der Waals surface area contributed by atoms with E-state index in [1.165, 1.54) is 13.2 Å². The summed E-state index contributed by atoms with van der Waals surface area (Å²) < 4.78 is 24.0. The summed E-state index contributed by atoms with van der Waals surface area (Å²) in [6.45, 7) is 2.85. The number of nitrogens with zero attached hydrogens (tertiary/aromatic N) is 4. The van der Waals surface area contributed by atoms with Crippen LogP contribution in [0.15, 0.2) is 16.7 Å². The largest absolute Gasteiger partial charge is 0.494 e. The van der Waals surface area contributed by atoms with Crippen molar-refractivity contribution in [1.29, 1.82) is 0 Å². The van der Waals surface area contributed by atoms with Crippen molar-refractivity contribution >= 4 is 11.4 Å². The minimum absolute atomic E-state index is 0.0180. The van der Waals surface area contributed by atoms with Crippen LogP contribution in [0.5, 0.6) is 5.75 Å². The number of aromatic nitrogens is 2. The molecule has 0 spiro atoms. The highest BCUT2D eigenvalue weighted by atomic mass is 19.1. The van der Waals surface area contributed by atoms with E-state index in [-0.39, 0.29) is 17.4 Å². The maximum absolute atomic E-state index is 13.8. The van der Waals surface area contributed by atoms with Crippen molar-refractivity contribution in [1.82, 2.24) is 10.1 Å². The van der Waals surface area contributed by atoms with Gasteiger partial charge in [-0.25, -0.2) is 4.39 Å². The molecule has 1 aliphatic heterocycles. The van der Waals surface area contributed by atoms with Crippen molar-refractivity contribution in [2.75, 3.05) is 25.1 Å². The Bertz CT molecular complexity index is 764. The molecule has 0 N–H and O–H groups in total. The van der Waals surface area contributed by atoms with E-state index < -0.39 is 10.7 Å². The Hall–Kier alpha value is -2.71. The highest BCUT2D eigenvalue weighted by Gasteiger charge is 2.30. The van der Waals surface area contributed by atoms with Gasteiger partial charge in [-0.3, -0.25) is 10.1 Å². The molecule has 9 heteroatoms. The Morgan fingerprint density at radius 2 is 2.29 bits per heavy atom. The van der Waals surface area contributed by atoms with Gasteiger partial charge < -0.3 is 14.2 Å². The number of nitro benzene ring substituents is 1. The molecule has 0 saturated carbocycles. The molecule has 0 amide bonds. The van der Waals surface area contributed by atoms with Gasteiger partial charge in [0, 0.05) is 19.2 Å². The van der Waals surface area contributed by atoms with E-state index in [9.17, 15) is 14.5 Å². The number of hydrogen-bond donors (Lipinski definition) is 0. The number of anilines is 1. The fourth-order valence-electron chi connectivity index (χ4n) is 2.96. The summed E-state index contributed by atoms with van der Waals surface area (Å²) in [7, 11) is 1.33. The van der Waals surface area contributed by atoms with Crippen molar-refractivity contribution in [3.63, 3.8) is 0 Å². The fraction of sp³-hybridized carbons (Fsp3) is 0.467. The van der Waals surface area contributed by atoms with E-state index in [0.717, 1.165) is 18.9 Å². The predicted molar refractivity (Wildman–Crippen MR) is 82.8 cm³/mol. The second-order valence-electron chi connectivity index (χ2n) is 5.70. The minimum atomic E-state index is -0.756. The number of rotatable bonds is 4. The van der Waals surface area contributed by atoms with E-state index in [2.05, 4.69) is 10.1 Å². The van der Waals surface area contributed by atoms with E-state index in [1.54, 1.807) is 6.92 Å². The Labute approximate surface area is 137 Å². The number of nitro groups is 1. The third-order valence-corrected chi connectivity index (χ3v) is 4.10. The molecule has 1 aromatic carbocycles. The van der Waals surface area contributed by atoms with Gasteiger partial charge in [0.05, 0.1) is 24.0 Å². The van der Waals surface area contributed by atoms with E-state index in [4.69, 9.17) is 9.26 Å². The van der Waals surface area contributed by atoms with Crippen LogP contribution in [-0.2, 0) is 0 Å². The average molecular weight is 336 g/mol. The molecule has 1 atom stereocenters. The highest BCUT2D eigenvalue weighted by molar-refractivity contribution is 5.66. The highest BCUT2D eigenvalue weighted by Crippen LogP contribution is 2.38. The summed E-state index contributed by atoms with van der Waals surface area (Å²) in [5.41, 5.74) is 0.0508. The Balaban J connectivity index is 1.94. The van der Waals surface area contributed by atoms with Crippen LogP contribution < -0.4 is 9.64 Å². The first-order valence-electron chi connectivity index (χ1n) is 7.56. The second kappa shape index (κ2) is 6.42. The van der Waals surface area contributed by atoms with E-state index in [1.807, 2.05) is 4.90 Å². The first-order valence-corrected chi connectivity index (χ1v) is 7.56. The van der Waals surface area contributed by atoms with E-state index >= 15 is 0 Å². The lowest BCUT2D eigenvalue weighted by Gasteiger charge is -2.32. The monoisotopic (exact) mass is 336 g/mol. The van der Waals surface area contributed by atoms with Crippen molar-refractivity contribution in [3.05, 3.63) is 39.8 Å². The number of halogens is 1. The number of hydrogen-bond acceptors (Lipinski definition) is 7.